The number of carbonyl (C=O) groups is 2. The van der Waals surface area contributed by atoms with Crippen molar-refractivity contribution in [2.75, 3.05) is 12.4 Å². The highest BCUT2D eigenvalue weighted by molar-refractivity contribution is 5.94. The van der Waals surface area contributed by atoms with E-state index in [9.17, 15) is 18.4 Å². The highest BCUT2D eigenvalue weighted by Gasteiger charge is 2.17. The Labute approximate surface area is 116 Å². The number of nitrogens with one attached hydrogen (secondary N) is 1. The van der Waals surface area contributed by atoms with Gasteiger partial charge in [-0.05, 0) is 12.5 Å². The molecule has 0 saturated heterocycles. The smallest absolute Gasteiger partial charge is 0.340 e. The maximum absolute atomic E-state index is 13.5. The molecule has 1 aromatic rings. The Hall–Kier alpha value is -1.98. The number of amides is 1. The highest BCUT2D eigenvalue weighted by atomic mass is 19.1. The zero-order chi connectivity index (χ0) is 15.1. The average molecular weight is 285 g/mol. The third-order valence-corrected chi connectivity index (χ3v) is 2.74. The summed E-state index contributed by atoms with van der Waals surface area (Å²) in [5.74, 6) is -3.26. The van der Waals surface area contributed by atoms with Crippen molar-refractivity contribution in [3.05, 3.63) is 29.3 Å². The predicted octanol–water partition coefficient (Wildman–Crippen LogP) is 3.27. The minimum atomic E-state index is -1.03. The number of hydrogen-bond acceptors (Lipinski definition) is 3. The summed E-state index contributed by atoms with van der Waals surface area (Å²) < 4.78 is 31.3. The fraction of sp³-hybridized carbons (Fsp3) is 0.429. The number of unbranched alkanes of at least 4 members (excludes halogenated alkanes) is 2. The third kappa shape index (κ3) is 4.29. The maximum atomic E-state index is 13.5. The molecule has 1 amide bonds. The van der Waals surface area contributed by atoms with Gasteiger partial charge in [0.05, 0.1) is 18.4 Å². The molecule has 1 rings (SSSR count). The molecule has 0 saturated carbocycles. The van der Waals surface area contributed by atoms with Gasteiger partial charge in [-0.3, -0.25) is 4.79 Å². The molecule has 0 aromatic heterocycles. The van der Waals surface area contributed by atoms with Crippen LogP contribution in [0.1, 0.15) is 43.0 Å². The number of ether oxygens (including phenoxy) is 1. The first-order chi connectivity index (χ1) is 9.49. The second kappa shape index (κ2) is 7.57. The lowest BCUT2D eigenvalue weighted by Crippen LogP contribution is -2.14. The molecule has 0 aliphatic carbocycles. The molecule has 6 heteroatoms. The minimum Gasteiger partial charge on any atom is -0.465 e. The Morgan fingerprint density at radius 2 is 1.90 bits per heavy atom. The van der Waals surface area contributed by atoms with Crippen LogP contribution in [-0.4, -0.2) is 19.0 Å². The largest absolute Gasteiger partial charge is 0.465 e. The van der Waals surface area contributed by atoms with Crippen LogP contribution >= 0.6 is 0 Å². The van der Waals surface area contributed by atoms with E-state index in [2.05, 4.69) is 10.1 Å². The van der Waals surface area contributed by atoms with Gasteiger partial charge in [0.1, 0.15) is 11.6 Å². The molecule has 0 aliphatic heterocycles. The first kappa shape index (κ1) is 16.1. The van der Waals surface area contributed by atoms with E-state index in [-0.39, 0.29) is 18.0 Å². The van der Waals surface area contributed by atoms with E-state index in [1.54, 1.807) is 0 Å². The molecule has 0 radical (unpaired) electrons. The van der Waals surface area contributed by atoms with Crippen molar-refractivity contribution in [1.29, 1.82) is 0 Å². The average Bonchev–Trinajstić information content (AvgIpc) is 2.41. The Bertz CT molecular complexity index is 503. The molecule has 0 aliphatic rings. The first-order valence-corrected chi connectivity index (χ1v) is 6.36. The summed E-state index contributed by atoms with van der Waals surface area (Å²) in [5.41, 5.74) is -0.647. The molecule has 110 valence electrons. The van der Waals surface area contributed by atoms with E-state index in [4.69, 9.17) is 0 Å². The summed E-state index contributed by atoms with van der Waals surface area (Å²) in [4.78, 5) is 22.9. The molecule has 0 fully saturated rings. The summed E-state index contributed by atoms with van der Waals surface area (Å²) in [7, 11) is 1.09. The van der Waals surface area contributed by atoms with Gasteiger partial charge < -0.3 is 10.1 Å². The number of carbonyl (C=O) groups excluding carboxylic acids is 2. The van der Waals surface area contributed by atoms with Crippen LogP contribution in [0.3, 0.4) is 0 Å². The monoisotopic (exact) mass is 285 g/mol. The van der Waals surface area contributed by atoms with E-state index in [0.717, 1.165) is 26.0 Å². The molecule has 20 heavy (non-hydrogen) atoms. The van der Waals surface area contributed by atoms with Crippen LogP contribution in [0.2, 0.25) is 0 Å². The first-order valence-electron chi connectivity index (χ1n) is 6.36. The van der Waals surface area contributed by atoms with Gasteiger partial charge in [0.25, 0.3) is 0 Å². The zero-order valence-electron chi connectivity index (χ0n) is 11.5. The fourth-order valence-electron chi connectivity index (χ4n) is 1.66. The van der Waals surface area contributed by atoms with Crippen LogP contribution in [0.25, 0.3) is 0 Å². The van der Waals surface area contributed by atoms with Crippen LogP contribution in [0.5, 0.6) is 0 Å². The van der Waals surface area contributed by atoms with Crippen LogP contribution in [0, 0.1) is 11.6 Å². The Balaban J connectivity index is 2.84. The number of methoxy groups -OCH3 is 1. The second-order valence-electron chi connectivity index (χ2n) is 4.31. The van der Waals surface area contributed by atoms with Crippen molar-refractivity contribution < 1.29 is 23.1 Å². The molecule has 4 nitrogen and oxygen atoms in total. The van der Waals surface area contributed by atoms with Crippen molar-refractivity contribution in [1.82, 2.24) is 0 Å². The van der Waals surface area contributed by atoms with Gasteiger partial charge >= 0.3 is 5.97 Å². The molecule has 0 bridgehead atoms. The van der Waals surface area contributed by atoms with Crippen molar-refractivity contribution >= 4 is 17.6 Å². The topological polar surface area (TPSA) is 55.4 Å². The normalized spacial score (nSPS) is 10.2. The fourth-order valence-corrected chi connectivity index (χ4v) is 1.66. The van der Waals surface area contributed by atoms with Crippen molar-refractivity contribution in [3.63, 3.8) is 0 Å². The summed E-state index contributed by atoms with van der Waals surface area (Å²) in [6, 6.07) is 1.49. The van der Waals surface area contributed by atoms with Gasteiger partial charge in [0, 0.05) is 12.5 Å². The summed E-state index contributed by atoms with van der Waals surface area (Å²) >= 11 is 0. The second-order valence-corrected chi connectivity index (χ2v) is 4.31. The van der Waals surface area contributed by atoms with E-state index >= 15 is 0 Å². The number of hydrogen-bond donors (Lipinski definition) is 1. The Morgan fingerprint density at radius 1 is 1.20 bits per heavy atom. The van der Waals surface area contributed by atoms with Crippen LogP contribution in [-0.2, 0) is 9.53 Å². The van der Waals surface area contributed by atoms with E-state index < -0.39 is 23.2 Å². The van der Waals surface area contributed by atoms with Crippen LogP contribution in [0.15, 0.2) is 12.1 Å². The molecule has 0 spiro atoms. The number of rotatable bonds is 6. The van der Waals surface area contributed by atoms with Gasteiger partial charge in [0.15, 0.2) is 0 Å². The predicted molar refractivity (Wildman–Crippen MR) is 70.5 cm³/mol. The number of benzene rings is 1. The van der Waals surface area contributed by atoms with Crippen LogP contribution < -0.4 is 5.32 Å². The van der Waals surface area contributed by atoms with Crippen LogP contribution in [0.4, 0.5) is 14.5 Å². The summed E-state index contributed by atoms with van der Waals surface area (Å²) in [5, 5.41) is 2.33. The van der Waals surface area contributed by atoms with Gasteiger partial charge in [-0.15, -0.1) is 0 Å². The minimum absolute atomic E-state index is 0.228. The quantitative estimate of drug-likeness (QED) is 0.644. The lowest BCUT2D eigenvalue weighted by molar-refractivity contribution is -0.116. The SMILES string of the molecule is CCCCCC(=O)Nc1cc(C(=O)OC)c(F)cc1F. The van der Waals surface area contributed by atoms with Crippen molar-refractivity contribution in [2.45, 2.75) is 32.6 Å². The zero-order valence-corrected chi connectivity index (χ0v) is 11.5. The number of esters is 1. The van der Waals surface area contributed by atoms with Gasteiger partial charge in [0.2, 0.25) is 5.91 Å². The lowest BCUT2D eigenvalue weighted by Gasteiger charge is -2.09. The molecule has 1 aromatic carbocycles. The van der Waals surface area contributed by atoms with Gasteiger partial charge in [-0.1, -0.05) is 19.8 Å². The van der Waals surface area contributed by atoms with Gasteiger partial charge in [-0.25, -0.2) is 13.6 Å². The maximum Gasteiger partial charge on any atom is 0.340 e. The van der Waals surface area contributed by atoms with Crippen molar-refractivity contribution in [3.8, 4) is 0 Å². The molecule has 1 N–H and O–H groups in total. The Morgan fingerprint density at radius 3 is 2.50 bits per heavy atom. The van der Waals surface area contributed by atoms with E-state index in [1.807, 2.05) is 6.92 Å². The molecular weight excluding hydrogens is 268 g/mol. The van der Waals surface area contributed by atoms with Gasteiger partial charge in [-0.2, -0.15) is 0 Å². The standard InChI is InChI=1S/C14H17F2NO3/c1-3-4-5-6-13(18)17-12-7-9(14(19)20-2)10(15)8-11(12)16/h7-8H,3-6H2,1-2H3,(H,17,18). The molecule has 0 heterocycles. The summed E-state index contributed by atoms with van der Waals surface area (Å²) in [6.07, 6.45) is 2.80. The van der Waals surface area contributed by atoms with Crippen molar-refractivity contribution in [2.24, 2.45) is 0 Å². The van der Waals surface area contributed by atoms with E-state index in [0.29, 0.717) is 12.5 Å². The summed E-state index contributed by atoms with van der Waals surface area (Å²) in [6.45, 7) is 2.00. The van der Waals surface area contributed by atoms with E-state index in [1.165, 1.54) is 0 Å². The Kier molecular flexibility index (Phi) is 6.09. The molecular formula is C14H17F2NO3. The highest BCUT2D eigenvalue weighted by Crippen LogP contribution is 2.20. The number of anilines is 1. The third-order valence-electron chi connectivity index (χ3n) is 2.74. The lowest BCUT2D eigenvalue weighted by atomic mass is 10.1. The molecule has 0 atom stereocenters. The molecule has 0 unspecified atom stereocenters. The number of halogens is 2.